The van der Waals surface area contributed by atoms with Crippen LogP contribution in [0.5, 0.6) is 0 Å². The highest BCUT2D eigenvalue weighted by Crippen LogP contribution is 2.35. The summed E-state index contributed by atoms with van der Waals surface area (Å²) in [6.07, 6.45) is 67.3. The molecule has 9 nitrogen and oxygen atoms in total. The Balaban J connectivity index is -0.00000113. The molecular formula is C72H150O9. The van der Waals surface area contributed by atoms with E-state index in [1.54, 1.807) is 0 Å². The quantitative estimate of drug-likeness (QED) is 0.0336. The minimum atomic E-state index is -0.154. The Morgan fingerprint density at radius 1 is 0.160 bits per heavy atom. The second kappa shape index (κ2) is 70.4. The molecule has 0 rings (SSSR count). The molecule has 0 aromatic carbocycles. The lowest BCUT2D eigenvalue weighted by Crippen LogP contribution is -2.33. The Hall–Kier alpha value is -0.360. The van der Waals surface area contributed by atoms with Gasteiger partial charge in [-0.3, -0.25) is 0 Å². The summed E-state index contributed by atoms with van der Waals surface area (Å²) in [5.74, 6) is 0. The van der Waals surface area contributed by atoms with Gasteiger partial charge in [0.25, 0.3) is 0 Å². The molecule has 492 valence electrons. The Morgan fingerprint density at radius 3 is 0.481 bits per heavy atom. The van der Waals surface area contributed by atoms with Crippen molar-refractivity contribution < 1.29 is 44.4 Å². The summed E-state index contributed by atoms with van der Waals surface area (Å²) in [6, 6.07) is 0. The van der Waals surface area contributed by atoms with Gasteiger partial charge in [-0.25, -0.2) is 14.7 Å². The Bertz CT molecular complexity index is 1080. The molecule has 0 bridgehead atoms. The van der Waals surface area contributed by atoms with Crippen LogP contribution in [0.1, 0.15) is 430 Å². The van der Waals surface area contributed by atoms with Gasteiger partial charge in [-0.2, -0.15) is 14.7 Å². The minimum Gasteiger partial charge on any atom is -0.206 e. The maximum atomic E-state index is 5.94. The van der Waals surface area contributed by atoms with E-state index in [0.29, 0.717) is 19.8 Å². The second-order valence-electron chi connectivity index (χ2n) is 24.9. The average molecular weight is 1160 g/mol. The summed E-state index contributed by atoms with van der Waals surface area (Å²) in [7, 11) is 0. The van der Waals surface area contributed by atoms with Crippen LogP contribution in [0.2, 0.25) is 0 Å². The third-order valence-electron chi connectivity index (χ3n) is 16.6. The van der Waals surface area contributed by atoms with E-state index < -0.39 is 0 Å². The molecule has 0 radical (unpaired) electrons. The van der Waals surface area contributed by atoms with Gasteiger partial charge in [-0.15, -0.1) is 0 Å². The zero-order chi connectivity index (χ0) is 60.2. The lowest BCUT2D eigenvalue weighted by molar-refractivity contribution is -0.546. The van der Waals surface area contributed by atoms with Crippen molar-refractivity contribution in [3.63, 3.8) is 0 Å². The second-order valence-corrected chi connectivity index (χ2v) is 24.9. The van der Waals surface area contributed by atoms with Gasteiger partial charge in [0.2, 0.25) is 0 Å². The highest BCUT2D eigenvalue weighted by molar-refractivity contribution is 4.82. The van der Waals surface area contributed by atoms with Crippen LogP contribution in [0.15, 0.2) is 0 Å². The predicted molar refractivity (Wildman–Crippen MR) is 350 cm³/mol. The van der Waals surface area contributed by atoms with Crippen molar-refractivity contribution in [2.24, 2.45) is 0 Å². The molecule has 0 aromatic rings. The molecular weight excluding hydrogens is 1010 g/mol. The summed E-state index contributed by atoms with van der Waals surface area (Å²) < 4.78 is 0. The first-order valence-electron chi connectivity index (χ1n) is 36.6. The fourth-order valence-corrected chi connectivity index (χ4v) is 10.8. The van der Waals surface area contributed by atoms with E-state index in [1.807, 2.05) is 0 Å². The van der Waals surface area contributed by atoms with Crippen LogP contribution in [-0.2, 0) is 44.4 Å². The lowest BCUT2D eigenvalue weighted by atomic mass is 9.85. The fraction of sp³-hybridized carbons (Fsp3) is 1.00. The van der Waals surface area contributed by atoms with Crippen molar-refractivity contribution in [2.75, 3.05) is 19.8 Å². The number of hydrogen-bond donors (Lipinski definition) is 0. The summed E-state index contributed by atoms with van der Waals surface area (Å²) in [5.41, 5.74) is -0.460. The van der Waals surface area contributed by atoms with Crippen LogP contribution >= 0.6 is 0 Å². The monoisotopic (exact) mass is 1160 g/mol. The first-order chi connectivity index (χ1) is 39.7. The first kappa shape index (κ1) is 84.8. The van der Waals surface area contributed by atoms with Crippen LogP contribution < -0.4 is 0 Å². The lowest BCUT2D eigenvalue weighted by Gasteiger charge is -2.32. The topological polar surface area (TPSA) is 83.1 Å². The van der Waals surface area contributed by atoms with E-state index in [4.69, 9.17) is 44.4 Å². The molecule has 9 heteroatoms. The molecule has 0 fully saturated rings. The van der Waals surface area contributed by atoms with Gasteiger partial charge in [-0.1, -0.05) is 368 Å². The van der Waals surface area contributed by atoms with Gasteiger partial charge in [0.15, 0.2) is 0 Å². The van der Waals surface area contributed by atoms with Crippen molar-refractivity contribution in [3.8, 4) is 0 Å². The molecule has 0 aliphatic heterocycles. The fourth-order valence-electron chi connectivity index (χ4n) is 10.8. The van der Waals surface area contributed by atoms with Crippen LogP contribution in [0.25, 0.3) is 0 Å². The van der Waals surface area contributed by atoms with Crippen molar-refractivity contribution in [2.45, 2.75) is 447 Å². The Morgan fingerprint density at radius 2 is 0.309 bits per heavy atom. The van der Waals surface area contributed by atoms with Gasteiger partial charge >= 0.3 is 0 Å². The standard InChI is InChI=1S/C25H52O3.C24H50O3.C23H48O3/c1-5-9-13-14-15-16-17-18-19-20-23-25(21-10-6-2,22-11-7-3)27-28-26-24-12-8-4;1-5-9-13-14-15-16-17-18-19-22-24(20-10-6-2,21-11-7-3)26-27-25-23-12-8-4;1-5-9-13-14-15-16-17-18-21-23(19-10-6-2,20-11-7-3)25-26-24-22-12-8-4/h5-24H2,1-4H3;5-23H2,1-4H3;5-22H2,1-4H3. The highest BCUT2D eigenvalue weighted by Gasteiger charge is 2.34. The molecule has 0 aliphatic carbocycles. The normalized spacial score (nSPS) is 12.0. The summed E-state index contributed by atoms with van der Waals surface area (Å²) in [5, 5.41) is 15.7. The van der Waals surface area contributed by atoms with Crippen LogP contribution in [0.3, 0.4) is 0 Å². The number of rotatable bonds is 66. The van der Waals surface area contributed by atoms with E-state index in [2.05, 4.69) is 83.1 Å². The van der Waals surface area contributed by atoms with Crippen molar-refractivity contribution >= 4 is 0 Å². The largest absolute Gasteiger partial charge is 0.206 e. The van der Waals surface area contributed by atoms with Crippen molar-refractivity contribution in [1.82, 2.24) is 0 Å². The van der Waals surface area contributed by atoms with Crippen LogP contribution in [0, 0.1) is 0 Å². The number of unbranched alkanes of at least 4 members (excludes halogenated alkanes) is 33. The zero-order valence-corrected chi connectivity index (χ0v) is 57.5. The minimum absolute atomic E-state index is 0.152. The molecule has 0 spiro atoms. The molecule has 0 heterocycles. The van der Waals surface area contributed by atoms with Gasteiger partial charge in [0, 0.05) is 0 Å². The molecule has 0 saturated carbocycles. The first-order valence-corrected chi connectivity index (χ1v) is 36.6. The van der Waals surface area contributed by atoms with E-state index in [0.717, 1.165) is 96.3 Å². The molecule has 0 aromatic heterocycles. The smallest absolute Gasteiger partial charge is 0.107 e. The van der Waals surface area contributed by atoms with E-state index in [1.165, 1.54) is 250 Å². The van der Waals surface area contributed by atoms with Crippen molar-refractivity contribution in [3.05, 3.63) is 0 Å². The van der Waals surface area contributed by atoms with Gasteiger partial charge in [-0.05, 0) is 77.0 Å². The number of hydrogen-bond acceptors (Lipinski definition) is 9. The van der Waals surface area contributed by atoms with Gasteiger partial charge in [0.1, 0.15) is 16.8 Å². The highest BCUT2D eigenvalue weighted by atomic mass is 17.5. The third-order valence-corrected chi connectivity index (χ3v) is 16.6. The van der Waals surface area contributed by atoms with Crippen LogP contribution in [-0.4, -0.2) is 36.6 Å². The van der Waals surface area contributed by atoms with Gasteiger partial charge in [0.05, 0.1) is 19.8 Å². The molecule has 0 amide bonds. The van der Waals surface area contributed by atoms with E-state index >= 15 is 0 Å². The maximum absolute atomic E-state index is 5.94. The Labute approximate surface area is 508 Å². The van der Waals surface area contributed by atoms with Gasteiger partial charge < -0.3 is 0 Å². The molecule has 0 saturated heterocycles. The molecule has 0 unspecified atom stereocenters. The van der Waals surface area contributed by atoms with E-state index in [9.17, 15) is 0 Å². The SMILES string of the molecule is CCCCCCCCCCC(CCCC)(CCCC)OOOCCCC.CCCCCCCCCCCC(CCCC)(CCCC)OOOCCCC.CCCCCCCCCCCCC(CCCC)(CCCC)OOOCCCC. The zero-order valence-electron chi connectivity index (χ0n) is 57.5. The summed E-state index contributed by atoms with van der Waals surface area (Å²) in [4.78, 5) is 33.6. The third kappa shape index (κ3) is 59.7. The van der Waals surface area contributed by atoms with Crippen LogP contribution in [0.4, 0.5) is 0 Å². The molecule has 0 N–H and O–H groups in total. The Kier molecular flexibility index (Phi) is 73.7. The predicted octanol–water partition coefficient (Wildman–Crippen LogP) is 26.1. The maximum Gasteiger partial charge on any atom is 0.107 e. The summed E-state index contributed by atoms with van der Waals surface area (Å²) >= 11 is 0. The average Bonchev–Trinajstić information content (AvgIpc) is 3.49. The summed E-state index contributed by atoms with van der Waals surface area (Å²) in [6.45, 7) is 28.7. The molecule has 0 atom stereocenters. The molecule has 0 aliphatic rings. The van der Waals surface area contributed by atoms with E-state index in [-0.39, 0.29) is 16.8 Å². The van der Waals surface area contributed by atoms with Crippen molar-refractivity contribution in [1.29, 1.82) is 0 Å². The molecule has 81 heavy (non-hydrogen) atoms.